The van der Waals surface area contributed by atoms with E-state index in [1.54, 1.807) is 18.2 Å². The third kappa shape index (κ3) is 4.99. The minimum absolute atomic E-state index is 0.0778. The topological polar surface area (TPSA) is 46.9 Å². The standard InChI is InChI=1S/C20H26F2N2O3/c1-14-8-9-17(26-14)16(24-10-3-4-11-24)13-23-12-15-6-5-7-18(25-2)19(15)27-20(21)22/h5-9,16,20,23H,3-4,10-13H2,1-2H3. The molecule has 1 unspecified atom stereocenters. The number of methoxy groups -OCH3 is 1. The van der Waals surface area contributed by atoms with Crippen LogP contribution in [0.3, 0.4) is 0 Å². The van der Waals surface area contributed by atoms with Gasteiger partial charge in [-0.05, 0) is 51.1 Å². The highest BCUT2D eigenvalue weighted by atomic mass is 19.3. The Kier molecular flexibility index (Phi) is 6.68. The number of rotatable bonds is 9. The Morgan fingerprint density at radius 2 is 1.96 bits per heavy atom. The van der Waals surface area contributed by atoms with Crippen LogP contribution in [0.2, 0.25) is 0 Å². The average molecular weight is 380 g/mol. The van der Waals surface area contributed by atoms with Gasteiger partial charge in [-0.25, -0.2) is 0 Å². The maximum atomic E-state index is 12.8. The molecule has 1 fully saturated rings. The van der Waals surface area contributed by atoms with Gasteiger partial charge in [-0.2, -0.15) is 8.78 Å². The maximum Gasteiger partial charge on any atom is 0.387 e. The van der Waals surface area contributed by atoms with Gasteiger partial charge >= 0.3 is 6.61 Å². The Bertz CT molecular complexity index is 730. The van der Waals surface area contributed by atoms with E-state index in [9.17, 15) is 8.78 Å². The van der Waals surface area contributed by atoms with E-state index in [0.29, 0.717) is 24.4 Å². The highest BCUT2D eigenvalue weighted by Gasteiger charge is 2.26. The molecule has 1 aliphatic heterocycles. The van der Waals surface area contributed by atoms with Crippen LogP contribution < -0.4 is 14.8 Å². The van der Waals surface area contributed by atoms with E-state index in [1.165, 1.54) is 20.0 Å². The maximum absolute atomic E-state index is 12.8. The van der Waals surface area contributed by atoms with Crippen LogP contribution >= 0.6 is 0 Å². The molecule has 2 aromatic rings. The molecule has 0 saturated carbocycles. The number of hydrogen-bond acceptors (Lipinski definition) is 5. The Morgan fingerprint density at radius 3 is 2.59 bits per heavy atom. The van der Waals surface area contributed by atoms with Crippen molar-refractivity contribution in [3.63, 3.8) is 0 Å². The molecule has 0 bridgehead atoms. The first kappa shape index (κ1) is 19.6. The van der Waals surface area contributed by atoms with Gasteiger partial charge in [0.05, 0.1) is 13.2 Å². The molecule has 7 heteroatoms. The first-order valence-electron chi connectivity index (χ1n) is 9.20. The molecule has 27 heavy (non-hydrogen) atoms. The molecule has 1 saturated heterocycles. The molecular formula is C20H26F2N2O3. The van der Waals surface area contributed by atoms with Gasteiger partial charge < -0.3 is 19.2 Å². The predicted molar refractivity (Wildman–Crippen MR) is 98.3 cm³/mol. The molecule has 2 heterocycles. The summed E-state index contributed by atoms with van der Waals surface area (Å²) in [6.45, 7) is 2.14. The lowest BCUT2D eigenvalue weighted by Crippen LogP contribution is -2.33. The van der Waals surface area contributed by atoms with Crippen molar-refractivity contribution in [3.8, 4) is 11.5 Å². The van der Waals surface area contributed by atoms with Gasteiger partial charge in [-0.1, -0.05) is 12.1 Å². The normalized spacial score (nSPS) is 16.0. The van der Waals surface area contributed by atoms with Gasteiger partial charge in [-0.15, -0.1) is 0 Å². The summed E-state index contributed by atoms with van der Waals surface area (Å²) in [5, 5.41) is 3.37. The number of aryl methyl sites for hydroxylation is 1. The highest BCUT2D eigenvalue weighted by molar-refractivity contribution is 5.46. The van der Waals surface area contributed by atoms with Crippen LogP contribution in [0.15, 0.2) is 34.7 Å². The van der Waals surface area contributed by atoms with E-state index in [1.807, 2.05) is 19.1 Å². The van der Waals surface area contributed by atoms with Gasteiger partial charge in [-0.3, -0.25) is 4.90 Å². The summed E-state index contributed by atoms with van der Waals surface area (Å²) < 4.78 is 41.2. The number of likely N-dealkylation sites (tertiary alicyclic amines) is 1. The van der Waals surface area contributed by atoms with Crippen molar-refractivity contribution in [1.82, 2.24) is 10.2 Å². The van der Waals surface area contributed by atoms with E-state index in [4.69, 9.17) is 9.15 Å². The molecule has 5 nitrogen and oxygen atoms in total. The van der Waals surface area contributed by atoms with Crippen molar-refractivity contribution in [3.05, 3.63) is 47.4 Å². The van der Waals surface area contributed by atoms with E-state index >= 15 is 0 Å². The molecule has 3 rings (SSSR count). The number of benzene rings is 1. The Morgan fingerprint density at radius 1 is 1.19 bits per heavy atom. The Balaban J connectivity index is 1.69. The van der Waals surface area contributed by atoms with Crippen LogP contribution in [0.4, 0.5) is 8.78 Å². The fraction of sp³-hybridized carbons (Fsp3) is 0.500. The monoisotopic (exact) mass is 380 g/mol. The molecule has 0 spiro atoms. The fourth-order valence-corrected chi connectivity index (χ4v) is 3.52. The van der Waals surface area contributed by atoms with Crippen molar-refractivity contribution in [2.24, 2.45) is 0 Å². The predicted octanol–water partition coefficient (Wildman–Crippen LogP) is 4.12. The number of nitrogens with one attached hydrogen (secondary N) is 1. The number of halogens is 2. The lowest BCUT2D eigenvalue weighted by Gasteiger charge is -2.26. The van der Waals surface area contributed by atoms with Crippen LogP contribution in [0, 0.1) is 6.92 Å². The zero-order valence-corrected chi connectivity index (χ0v) is 15.7. The molecule has 1 atom stereocenters. The third-order valence-corrected chi connectivity index (χ3v) is 4.81. The molecule has 1 N–H and O–H groups in total. The van der Waals surface area contributed by atoms with E-state index in [-0.39, 0.29) is 11.8 Å². The SMILES string of the molecule is COc1cccc(CNCC(c2ccc(C)o2)N2CCCC2)c1OC(F)F. The molecule has 0 radical (unpaired) electrons. The zero-order valence-electron chi connectivity index (χ0n) is 15.7. The molecule has 0 aliphatic carbocycles. The summed E-state index contributed by atoms with van der Waals surface area (Å²) in [4.78, 5) is 2.40. The van der Waals surface area contributed by atoms with Gasteiger partial charge in [0, 0.05) is 18.7 Å². The fourth-order valence-electron chi connectivity index (χ4n) is 3.52. The van der Waals surface area contributed by atoms with Crippen LogP contribution in [0.5, 0.6) is 11.5 Å². The second-order valence-electron chi connectivity index (χ2n) is 6.67. The smallest absolute Gasteiger partial charge is 0.387 e. The van der Waals surface area contributed by atoms with Crippen LogP contribution in [-0.4, -0.2) is 38.3 Å². The molecule has 1 aromatic carbocycles. The minimum atomic E-state index is -2.90. The zero-order chi connectivity index (χ0) is 19.2. The lowest BCUT2D eigenvalue weighted by molar-refractivity contribution is -0.0518. The Hall–Kier alpha value is -2.12. The summed E-state index contributed by atoms with van der Waals surface area (Å²) in [6, 6.07) is 9.23. The van der Waals surface area contributed by atoms with E-state index in [0.717, 1.165) is 24.6 Å². The molecule has 0 amide bonds. The number of para-hydroxylation sites is 1. The van der Waals surface area contributed by atoms with Crippen molar-refractivity contribution < 1.29 is 22.7 Å². The number of hydrogen-bond donors (Lipinski definition) is 1. The largest absolute Gasteiger partial charge is 0.493 e. The van der Waals surface area contributed by atoms with Crippen LogP contribution in [0.1, 0.15) is 36.0 Å². The van der Waals surface area contributed by atoms with Crippen LogP contribution in [-0.2, 0) is 6.54 Å². The molecule has 1 aromatic heterocycles. The van der Waals surface area contributed by atoms with Crippen molar-refractivity contribution >= 4 is 0 Å². The van der Waals surface area contributed by atoms with E-state index in [2.05, 4.69) is 15.0 Å². The van der Waals surface area contributed by atoms with Gasteiger partial charge in [0.15, 0.2) is 11.5 Å². The summed E-state index contributed by atoms with van der Waals surface area (Å²) in [5.74, 6) is 2.19. The average Bonchev–Trinajstić information content (AvgIpc) is 3.31. The number of furan rings is 1. The number of nitrogens with zero attached hydrogens (tertiary/aromatic N) is 1. The van der Waals surface area contributed by atoms with E-state index < -0.39 is 6.61 Å². The first-order valence-corrected chi connectivity index (χ1v) is 9.20. The summed E-state index contributed by atoms with van der Waals surface area (Å²) in [7, 11) is 1.44. The Labute approximate surface area is 158 Å². The third-order valence-electron chi connectivity index (χ3n) is 4.81. The molecular weight excluding hydrogens is 354 g/mol. The van der Waals surface area contributed by atoms with Crippen molar-refractivity contribution in [2.75, 3.05) is 26.7 Å². The van der Waals surface area contributed by atoms with Gasteiger partial charge in [0.25, 0.3) is 0 Å². The molecule has 1 aliphatic rings. The summed E-state index contributed by atoms with van der Waals surface area (Å²) in [5.41, 5.74) is 0.630. The highest BCUT2D eigenvalue weighted by Crippen LogP contribution is 2.33. The quantitative estimate of drug-likeness (QED) is 0.709. The minimum Gasteiger partial charge on any atom is -0.493 e. The second kappa shape index (κ2) is 9.19. The van der Waals surface area contributed by atoms with Crippen molar-refractivity contribution in [1.29, 1.82) is 0 Å². The lowest BCUT2D eigenvalue weighted by atomic mass is 10.1. The van der Waals surface area contributed by atoms with Crippen molar-refractivity contribution in [2.45, 2.75) is 39.0 Å². The number of ether oxygens (including phenoxy) is 2. The van der Waals surface area contributed by atoms with Crippen LogP contribution in [0.25, 0.3) is 0 Å². The second-order valence-corrected chi connectivity index (χ2v) is 6.67. The molecule has 148 valence electrons. The summed E-state index contributed by atoms with van der Waals surface area (Å²) in [6.07, 6.45) is 2.36. The van der Waals surface area contributed by atoms with Gasteiger partial charge in [0.1, 0.15) is 11.5 Å². The summed E-state index contributed by atoms with van der Waals surface area (Å²) >= 11 is 0. The first-order chi connectivity index (χ1) is 13.1. The van der Waals surface area contributed by atoms with Gasteiger partial charge in [0.2, 0.25) is 0 Å². The number of alkyl halides is 2.